The molecule has 0 spiro atoms. The Labute approximate surface area is 491 Å². The number of ether oxygens (including phenoxy) is 4. The van der Waals surface area contributed by atoms with Crippen LogP contribution in [0.3, 0.4) is 0 Å². The predicted molar refractivity (Wildman–Crippen MR) is 340 cm³/mol. The van der Waals surface area contributed by atoms with Crippen LogP contribution in [-0.2, 0) is 38.1 Å². The lowest BCUT2D eigenvalue weighted by molar-refractivity contribution is -0.164. The van der Waals surface area contributed by atoms with E-state index >= 15 is 0 Å². The molecular formula is C65H116O8S4. The highest BCUT2D eigenvalue weighted by Crippen LogP contribution is 2.24. The van der Waals surface area contributed by atoms with Crippen molar-refractivity contribution in [2.24, 2.45) is 5.41 Å². The molecule has 0 heterocycles. The Balaban J connectivity index is 5.65. The summed E-state index contributed by atoms with van der Waals surface area (Å²) >= 11 is 6.30. The molecule has 0 aliphatic rings. The molecule has 0 amide bonds. The fraction of sp³-hybridized carbons (Fsp3) is 0.815. The van der Waals surface area contributed by atoms with E-state index in [-0.39, 0.29) is 26.4 Å². The zero-order chi connectivity index (χ0) is 56.1. The minimum absolute atomic E-state index is 0.307. The summed E-state index contributed by atoms with van der Waals surface area (Å²) in [5.41, 5.74) is -1.36. The topological polar surface area (TPSA) is 105 Å². The summed E-state index contributed by atoms with van der Waals surface area (Å²) in [6, 6.07) is 0. The molecule has 8 nitrogen and oxygen atoms in total. The van der Waals surface area contributed by atoms with Crippen LogP contribution in [0.25, 0.3) is 0 Å². The van der Waals surface area contributed by atoms with E-state index in [0.717, 1.165) is 48.7 Å². The smallest absolute Gasteiger partial charge is 0.331 e. The zero-order valence-corrected chi connectivity index (χ0v) is 53.2. The monoisotopic (exact) mass is 1150 g/mol. The molecule has 0 bridgehead atoms. The van der Waals surface area contributed by atoms with E-state index in [1.54, 1.807) is 68.7 Å². The summed E-state index contributed by atoms with van der Waals surface area (Å²) in [5, 5.41) is 7.02. The van der Waals surface area contributed by atoms with Crippen LogP contribution in [0.1, 0.15) is 285 Å². The Kier molecular flexibility index (Phi) is 60.4. The molecule has 0 aromatic heterocycles. The quantitative estimate of drug-likeness (QED) is 0.0251. The Bertz CT molecular complexity index is 1240. The van der Waals surface area contributed by atoms with Gasteiger partial charge in [0.15, 0.2) is 0 Å². The molecule has 0 saturated heterocycles. The Hall–Kier alpha value is -1.76. The van der Waals surface area contributed by atoms with E-state index in [4.69, 9.17) is 18.9 Å². The maximum absolute atomic E-state index is 13.2. The van der Waals surface area contributed by atoms with Crippen LogP contribution in [0.2, 0.25) is 0 Å². The molecule has 77 heavy (non-hydrogen) atoms. The number of thioether (sulfide) groups is 4. The van der Waals surface area contributed by atoms with E-state index < -0.39 is 29.3 Å². The predicted octanol–water partition coefficient (Wildman–Crippen LogP) is 20.8. The van der Waals surface area contributed by atoms with Gasteiger partial charge in [0.25, 0.3) is 0 Å². The minimum Gasteiger partial charge on any atom is -0.462 e. The molecule has 0 atom stereocenters. The normalized spacial score (nSPS) is 12.6. The SMILES string of the molecule is CCCCCCCCCCCCSC=CC(=O)OCC(COC(=O)C=CSCCCCCCCCCCCC)(COC(=O)C=CSCCCCCCCCCCCC)COC(=O)C=CSCCCCCCCCCCCC. The van der Waals surface area contributed by atoms with Gasteiger partial charge in [0.2, 0.25) is 0 Å². The second-order valence-corrected chi connectivity index (χ2v) is 25.4. The fourth-order valence-electron chi connectivity index (χ4n) is 8.72. The van der Waals surface area contributed by atoms with Gasteiger partial charge in [-0.1, -0.05) is 259 Å². The highest BCUT2D eigenvalue weighted by atomic mass is 32.2. The van der Waals surface area contributed by atoms with Crippen molar-refractivity contribution >= 4 is 70.9 Å². The van der Waals surface area contributed by atoms with E-state index in [0.29, 0.717) is 0 Å². The number of carbonyl (C=O) groups is 4. The maximum Gasteiger partial charge on any atom is 0.331 e. The van der Waals surface area contributed by atoms with Crippen molar-refractivity contribution in [3.63, 3.8) is 0 Å². The average molecular weight is 1150 g/mol. The lowest BCUT2D eigenvalue weighted by Gasteiger charge is -2.31. The first kappa shape index (κ1) is 75.2. The van der Waals surface area contributed by atoms with Gasteiger partial charge in [-0.2, -0.15) is 0 Å². The molecule has 0 aromatic carbocycles. The molecule has 0 unspecified atom stereocenters. The van der Waals surface area contributed by atoms with Crippen LogP contribution in [-0.4, -0.2) is 73.3 Å². The molecule has 0 radical (unpaired) electrons. The van der Waals surface area contributed by atoms with Crippen molar-refractivity contribution < 1.29 is 38.1 Å². The first-order chi connectivity index (χ1) is 37.8. The molecule has 0 rings (SSSR count). The summed E-state index contributed by atoms with van der Waals surface area (Å²) < 4.78 is 23.1. The van der Waals surface area contributed by atoms with Crippen LogP contribution in [0.5, 0.6) is 0 Å². The number of carbonyl (C=O) groups excluding carboxylic acids is 4. The lowest BCUT2D eigenvalue weighted by Crippen LogP contribution is -2.43. The Morgan fingerprint density at radius 2 is 0.416 bits per heavy atom. The second kappa shape index (κ2) is 61.9. The van der Waals surface area contributed by atoms with E-state index in [1.165, 1.54) is 255 Å². The van der Waals surface area contributed by atoms with Crippen LogP contribution in [0.4, 0.5) is 0 Å². The van der Waals surface area contributed by atoms with Crippen LogP contribution < -0.4 is 0 Å². The largest absolute Gasteiger partial charge is 0.462 e. The number of unbranched alkanes of at least 4 members (excludes halogenated alkanes) is 36. The third-order valence-electron chi connectivity index (χ3n) is 13.7. The lowest BCUT2D eigenvalue weighted by atomic mass is 9.92. The molecule has 0 aliphatic carbocycles. The zero-order valence-electron chi connectivity index (χ0n) is 50.0. The average Bonchev–Trinajstić information content (AvgIpc) is 3.43. The van der Waals surface area contributed by atoms with Gasteiger partial charge in [-0.25, -0.2) is 19.2 Å². The van der Waals surface area contributed by atoms with Crippen LogP contribution in [0, 0.1) is 5.41 Å². The number of hydrogen-bond donors (Lipinski definition) is 0. The van der Waals surface area contributed by atoms with Gasteiger partial charge in [-0.05, 0) is 70.3 Å². The van der Waals surface area contributed by atoms with Crippen molar-refractivity contribution in [2.75, 3.05) is 49.4 Å². The highest BCUT2D eigenvalue weighted by molar-refractivity contribution is 8.02. The molecule has 448 valence electrons. The number of rotatable bonds is 60. The molecule has 0 saturated carbocycles. The van der Waals surface area contributed by atoms with Gasteiger partial charge in [-0.3, -0.25) is 0 Å². The third kappa shape index (κ3) is 57.3. The standard InChI is InChI=1S/C65H116O8S4/c1-5-9-13-17-21-25-29-33-37-41-49-74-53-45-61(66)70-57-65(58-71-62(67)46-54-75-50-42-38-34-30-26-22-18-14-10-6-2,59-72-63(68)47-55-76-51-43-39-35-31-27-23-19-15-11-7-3)60-73-64(69)48-56-77-52-44-40-36-32-28-24-20-16-12-8-4/h45-48,53-56H,5-44,49-52,57-60H2,1-4H3. The van der Waals surface area contributed by atoms with Gasteiger partial charge < -0.3 is 18.9 Å². The third-order valence-corrected chi connectivity index (χ3v) is 17.2. The van der Waals surface area contributed by atoms with E-state index in [1.807, 2.05) is 0 Å². The summed E-state index contributed by atoms with van der Waals surface area (Å²) in [5.74, 6) is 1.32. The first-order valence-electron chi connectivity index (χ1n) is 31.6. The van der Waals surface area contributed by atoms with E-state index in [2.05, 4.69) is 27.7 Å². The van der Waals surface area contributed by atoms with Gasteiger partial charge in [0.1, 0.15) is 31.8 Å². The maximum atomic E-state index is 13.2. The van der Waals surface area contributed by atoms with Crippen molar-refractivity contribution in [3.05, 3.63) is 45.9 Å². The highest BCUT2D eigenvalue weighted by Gasteiger charge is 2.37. The molecule has 0 fully saturated rings. The molecule has 0 aromatic rings. The summed E-state index contributed by atoms with van der Waals surface area (Å²) in [6.07, 6.45) is 56.4. The molecule has 0 aliphatic heterocycles. The molecular weight excluding hydrogens is 1040 g/mol. The molecule has 0 N–H and O–H groups in total. The number of hydrogen-bond acceptors (Lipinski definition) is 12. The van der Waals surface area contributed by atoms with Crippen molar-refractivity contribution in [2.45, 2.75) is 285 Å². The summed E-state index contributed by atoms with van der Waals surface area (Å²) in [4.78, 5) is 52.7. The van der Waals surface area contributed by atoms with Gasteiger partial charge in [0.05, 0.1) is 0 Å². The Morgan fingerprint density at radius 1 is 0.260 bits per heavy atom. The van der Waals surface area contributed by atoms with Gasteiger partial charge in [-0.15, -0.1) is 47.0 Å². The fourth-order valence-corrected chi connectivity index (χ4v) is 11.6. The summed E-state index contributed by atoms with van der Waals surface area (Å²) in [7, 11) is 0. The van der Waals surface area contributed by atoms with Crippen LogP contribution in [0.15, 0.2) is 45.9 Å². The van der Waals surface area contributed by atoms with Crippen molar-refractivity contribution in [3.8, 4) is 0 Å². The minimum atomic E-state index is -1.36. The second-order valence-electron chi connectivity index (χ2n) is 21.4. The Morgan fingerprint density at radius 3 is 0.584 bits per heavy atom. The van der Waals surface area contributed by atoms with Crippen LogP contribution >= 0.6 is 47.0 Å². The van der Waals surface area contributed by atoms with Gasteiger partial charge in [0, 0.05) is 24.3 Å². The summed E-state index contributed by atoms with van der Waals surface area (Å²) in [6.45, 7) is 7.78. The molecule has 12 heteroatoms. The number of esters is 4. The van der Waals surface area contributed by atoms with E-state index in [9.17, 15) is 19.2 Å². The van der Waals surface area contributed by atoms with Gasteiger partial charge >= 0.3 is 23.9 Å². The van der Waals surface area contributed by atoms with Crippen molar-refractivity contribution in [1.82, 2.24) is 0 Å². The first-order valence-corrected chi connectivity index (χ1v) is 35.8. The van der Waals surface area contributed by atoms with Crippen molar-refractivity contribution in [1.29, 1.82) is 0 Å².